The van der Waals surface area contributed by atoms with E-state index in [2.05, 4.69) is 27.1 Å². The molecule has 3 rings (SSSR count). The van der Waals surface area contributed by atoms with Crippen LogP contribution in [0.25, 0.3) is 0 Å². The summed E-state index contributed by atoms with van der Waals surface area (Å²) in [5, 5.41) is 2.78. The van der Waals surface area contributed by atoms with Crippen molar-refractivity contribution in [1.82, 2.24) is 15.1 Å². The van der Waals surface area contributed by atoms with Crippen LogP contribution in [0.3, 0.4) is 0 Å². The molecule has 0 aliphatic carbocycles. The zero-order chi connectivity index (χ0) is 20.9. The van der Waals surface area contributed by atoms with Crippen LogP contribution in [-0.2, 0) is 13.1 Å². The van der Waals surface area contributed by atoms with Crippen LogP contribution >= 0.6 is 11.6 Å². The number of halogens is 4. The predicted molar refractivity (Wildman–Crippen MR) is 104 cm³/mol. The number of carbonyl (C=O) groups is 1. The molecule has 1 aliphatic heterocycles. The monoisotopic (exact) mass is 427 g/mol. The number of hydrogen-bond acceptors (Lipinski definition) is 3. The molecule has 0 unspecified atom stereocenters. The van der Waals surface area contributed by atoms with Gasteiger partial charge in [-0.05, 0) is 17.7 Å². The lowest BCUT2D eigenvalue weighted by atomic mass is 10.2. The molecule has 0 aromatic heterocycles. The zero-order valence-corrected chi connectivity index (χ0v) is 16.3. The second-order valence-electron chi connectivity index (χ2n) is 6.71. The molecular formula is C20H21ClF3N3O2. The van der Waals surface area contributed by atoms with Crippen LogP contribution in [0.2, 0.25) is 5.02 Å². The van der Waals surface area contributed by atoms with Gasteiger partial charge in [0.05, 0.1) is 0 Å². The number of piperazine rings is 1. The minimum absolute atomic E-state index is 0.0916. The number of alkyl halides is 3. The van der Waals surface area contributed by atoms with E-state index in [4.69, 9.17) is 11.6 Å². The molecule has 0 saturated carbocycles. The minimum atomic E-state index is -4.83. The summed E-state index contributed by atoms with van der Waals surface area (Å²) in [6.07, 6.45) is -4.83. The van der Waals surface area contributed by atoms with Gasteiger partial charge in [-0.15, -0.1) is 13.2 Å². The Kier molecular flexibility index (Phi) is 6.87. The Balaban J connectivity index is 1.50. The molecule has 1 fully saturated rings. The van der Waals surface area contributed by atoms with E-state index in [0.717, 1.165) is 25.7 Å². The van der Waals surface area contributed by atoms with Gasteiger partial charge in [0.25, 0.3) is 0 Å². The molecule has 2 aromatic carbocycles. The Labute approximate surface area is 172 Å². The Morgan fingerprint density at radius 2 is 1.76 bits per heavy atom. The van der Waals surface area contributed by atoms with Crippen LogP contribution in [0, 0.1) is 0 Å². The highest BCUT2D eigenvalue weighted by atomic mass is 35.5. The van der Waals surface area contributed by atoms with Crippen molar-refractivity contribution in [2.75, 3.05) is 26.2 Å². The summed E-state index contributed by atoms with van der Waals surface area (Å²) in [4.78, 5) is 16.3. The minimum Gasteiger partial charge on any atom is -0.405 e. The molecule has 9 heteroatoms. The van der Waals surface area contributed by atoms with Crippen molar-refractivity contribution in [2.45, 2.75) is 19.5 Å². The average molecular weight is 428 g/mol. The zero-order valence-electron chi connectivity index (χ0n) is 15.6. The number of carbonyl (C=O) groups excluding carboxylic acids is 1. The quantitative estimate of drug-likeness (QED) is 0.775. The van der Waals surface area contributed by atoms with Crippen molar-refractivity contribution >= 4 is 17.6 Å². The molecule has 2 amide bonds. The number of rotatable bonds is 5. The van der Waals surface area contributed by atoms with Gasteiger partial charge in [-0.1, -0.05) is 48.0 Å². The van der Waals surface area contributed by atoms with Gasteiger partial charge in [-0.2, -0.15) is 0 Å². The lowest BCUT2D eigenvalue weighted by Gasteiger charge is -2.34. The van der Waals surface area contributed by atoms with E-state index < -0.39 is 12.1 Å². The van der Waals surface area contributed by atoms with E-state index in [1.54, 1.807) is 4.90 Å². The smallest absolute Gasteiger partial charge is 0.405 e. The molecule has 2 aromatic rings. The number of hydrogen-bond donors (Lipinski definition) is 1. The first-order chi connectivity index (χ1) is 13.8. The molecule has 0 spiro atoms. The van der Waals surface area contributed by atoms with E-state index in [1.807, 2.05) is 18.2 Å². The lowest BCUT2D eigenvalue weighted by Crippen LogP contribution is -2.51. The fraction of sp³-hybridized carbons (Fsp3) is 0.350. The van der Waals surface area contributed by atoms with Crippen molar-refractivity contribution in [3.05, 3.63) is 64.7 Å². The number of nitrogens with one attached hydrogen (secondary N) is 1. The molecule has 156 valence electrons. The molecule has 0 atom stereocenters. The third kappa shape index (κ3) is 6.54. The van der Waals surface area contributed by atoms with Gasteiger partial charge >= 0.3 is 12.4 Å². The van der Waals surface area contributed by atoms with Gasteiger partial charge in [-0.3, -0.25) is 4.90 Å². The van der Waals surface area contributed by atoms with Gasteiger partial charge < -0.3 is 15.0 Å². The molecule has 5 nitrogen and oxygen atoms in total. The Morgan fingerprint density at radius 1 is 1.07 bits per heavy atom. The maximum Gasteiger partial charge on any atom is 0.573 e. The first-order valence-electron chi connectivity index (χ1n) is 9.13. The van der Waals surface area contributed by atoms with E-state index in [1.165, 1.54) is 17.7 Å². The summed E-state index contributed by atoms with van der Waals surface area (Å²) in [5.74, 6) is -0.419. The topological polar surface area (TPSA) is 44.8 Å². The standard InChI is InChI=1S/C20H21ClF3N3O2/c21-17-7-6-16(18(12-17)29-20(22,23)24)13-25-19(28)27-10-8-26(9-11-27)14-15-4-2-1-3-5-15/h1-7,12H,8-11,13-14H2,(H,25,28). The number of ether oxygens (including phenoxy) is 1. The second kappa shape index (κ2) is 9.37. The molecule has 1 saturated heterocycles. The lowest BCUT2D eigenvalue weighted by molar-refractivity contribution is -0.274. The molecule has 1 aliphatic rings. The van der Waals surface area contributed by atoms with Crippen LogP contribution in [0.15, 0.2) is 48.5 Å². The van der Waals surface area contributed by atoms with Crippen LogP contribution in [0.4, 0.5) is 18.0 Å². The third-order valence-corrected chi connectivity index (χ3v) is 4.83. The largest absolute Gasteiger partial charge is 0.573 e. The number of amides is 2. The van der Waals surface area contributed by atoms with Crippen molar-refractivity contribution in [3.8, 4) is 5.75 Å². The van der Waals surface area contributed by atoms with Crippen LogP contribution in [-0.4, -0.2) is 48.4 Å². The third-order valence-electron chi connectivity index (χ3n) is 4.59. The maximum atomic E-state index is 12.6. The summed E-state index contributed by atoms with van der Waals surface area (Å²) < 4.78 is 41.7. The number of urea groups is 1. The second-order valence-corrected chi connectivity index (χ2v) is 7.14. The SMILES string of the molecule is O=C(NCc1ccc(Cl)cc1OC(F)(F)F)N1CCN(Cc2ccccc2)CC1. The summed E-state index contributed by atoms with van der Waals surface area (Å²) >= 11 is 5.75. The molecular weight excluding hydrogens is 407 g/mol. The first-order valence-corrected chi connectivity index (χ1v) is 9.51. The van der Waals surface area contributed by atoms with E-state index in [9.17, 15) is 18.0 Å². The summed E-state index contributed by atoms with van der Waals surface area (Å²) in [6.45, 7) is 3.28. The van der Waals surface area contributed by atoms with Gasteiger partial charge in [0.2, 0.25) is 0 Å². The van der Waals surface area contributed by atoms with Crippen molar-refractivity contribution in [2.24, 2.45) is 0 Å². The number of benzene rings is 2. The number of nitrogens with zero attached hydrogens (tertiary/aromatic N) is 2. The fourth-order valence-corrected chi connectivity index (χ4v) is 3.29. The molecule has 29 heavy (non-hydrogen) atoms. The van der Waals surface area contributed by atoms with Crippen molar-refractivity contribution in [3.63, 3.8) is 0 Å². The van der Waals surface area contributed by atoms with Gasteiger partial charge in [0.1, 0.15) is 5.75 Å². The molecule has 1 N–H and O–H groups in total. The highest BCUT2D eigenvalue weighted by Gasteiger charge is 2.32. The van der Waals surface area contributed by atoms with Gasteiger partial charge in [-0.25, -0.2) is 4.79 Å². The first kappa shape index (κ1) is 21.3. The average Bonchev–Trinajstić information content (AvgIpc) is 2.67. The van der Waals surface area contributed by atoms with Gasteiger partial charge in [0, 0.05) is 49.9 Å². The Bertz CT molecular complexity index is 825. The van der Waals surface area contributed by atoms with E-state index >= 15 is 0 Å². The Hall–Kier alpha value is -2.45. The summed E-state index contributed by atoms with van der Waals surface area (Å²) in [5.41, 5.74) is 1.41. The van der Waals surface area contributed by atoms with E-state index in [-0.39, 0.29) is 23.2 Å². The van der Waals surface area contributed by atoms with Crippen LogP contribution in [0.1, 0.15) is 11.1 Å². The summed E-state index contributed by atoms with van der Waals surface area (Å²) in [7, 11) is 0. The normalized spacial score (nSPS) is 15.2. The Morgan fingerprint density at radius 3 is 2.41 bits per heavy atom. The van der Waals surface area contributed by atoms with Crippen LogP contribution < -0.4 is 10.1 Å². The van der Waals surface area contributed by atoms with Gasteiger partial charge in [0.15, 0.2) is 0 Å². The maximum absolute atomic E-state index is 12.6. The summed E-state index contributed by atoms with van der Waals surface area (Å²) in [6, 6.07) is 13.7. The molecule has 0 bridgehead atoms. The molecule has 0 radical (unpaired) electrons. The van der Waals surface area contributed by atoms with Crippen LogP contribution in [0.5, 0.6) is 5.75 Å². The van der Waals surface area contributed by atoms with E-state index in [0.29, 0.717) is 13.1 Å². The molecule has 1 heterocycles. The van der Waals surface area contributed by atoms with Crippen molar-refractivity contribution in [1.29, 1.82) is 0 Å². The highest BCUT2D eigenvalue weighted by Crippen LogP contribution is 2.29. The highest BCUT2D eigenvalue weighted by molar-refractivity contribution is 6.30. The predicted octanol–water partition coefficient (Wildman–Crippen LogP) is 4.27. The van der Waals surface area contributed by atoms with Crippen molar-refractivity contribution < 1.29 is 22.7 Å². The fourth-order valence-electron chi connectivity index (χ4n) is 3.13.